The van der Waals surface area contributed by atoms with Crippen LogP contribution in [0.4, 0.5) is 0 Å². The molecular weight excluding hydrogens is 336 g/mol. The lowest BCUT2D eigenvalue weighted by molar-refractivity contribution is 0.0324. The Bertz CT molecular complexity index is 923. The number of aliphatic hydroxyl groups is 1. The number of aromatic amines is 1. The highest BCUT2D eigenvalue weighted by Crippen LogP contribution is 2.31. The average Bonchev–Trinajstić information content (AvgIpc) is 3.14. The molecule has 4 nitrogen and oxygen atoms in total. The number of aliphatic hydroxyl groups excluding tert-OH is 1. The number of hydrogen-bond donors (Lipinski definition) is 2. The monoisotopic (exact) mass is 362 g/mol. The predicted molar refractivity (Wildman–Crippen MR) is 108 cm³/mol. The molecule has 4 heteroatoms. The molecule has 27 heavy (non-hydrogen) atoms. The van der Waals surface area contributed by atoms with Crippen LogP contribution in [-0.4, -0.2) is 40.0 Å². The summed E-state index contributed by atoms with van der Waals surface area (Å²) >= 11 is 0. The normalized spacial score (nSPS) is 17.7. The molecule has 0 spiro atoms. The number of Topliss-reactive ketones (excluding diaryl/α,β-unsaturated/α-hetero) is 1. The van der Waals surface area contributed by atoms with Gasteiger partial charge in [-0.05, 0) is 44.5 Å². The lowest BCUT2D eigenvalue weighted by Crippen LogP contribution is -2.43. The second-order valence-corrected chi connectivity index (χ2v) is 7.51. The zero-order valence-corrected chi connectivity index (χ0v) is 15.7. The summed E-state index contributed by atoms with van der Waals surface area (Å²) in [5, 5.41) is 12.0. The Morgan fingerprint density at radius 2 is 1.74 bits per heavy atom. The number of benzene rings is 2. The predicted octanol–water partition coefficient (Wildman–Crippen LogP) is 4.25. The minimum absolute atomic E-state index is 0.219. The van der Waals surface area contributed by atoms with Crippen molar-refractivity contribution >= 4 is 16.7 Å². The fraction of sp³-hybridized carbons (Fsp3) is 0.348. The third-order valence-electron chi connectivity index (χ3n) is 5.63. The number of fused-ring (bicyclic) bond motifs is 1. The molecule has 0 amide bonds. The van der Waals surface area contributed by atoms with E-state index < -0.39 is 6.10 Å². The lowest BCUT2D eigenvalue weighted by Gasteiger charge is -2.37. The molecule has 0 saturated carbocycles. The Morgan fingerprint density at radius 3 is 2.48 bits per heavy atom. The summed E-state index contributed by atoms with van der Waals surface area (Å²) < 4.78 is 0. The summed E-state index contributed by atoms with van der Waals surface area (Å²) in [4.78, 5) is 18.7. The summed E-state index contributed by atoms with van der Waals surface area (Å²) in [6, 6.07) is 15.6. The molecule has 2 atom stereocenters. The molecule has 140 valence electrons. The van der Waals surface area contributed by atoms with E-state index in [2.05, 4.69) is 22.0 Å². The summed E-state index contributed by atoms with van der Waals surface area (Å²) in [5.74, 6) is -0.219. The first-order valence-corrected chi connectivity index (χ1v) is 9.74. The van der Waals surface area contributed by atoms with Crippen molar-refractivity contribution in [3.8, 4) is 0 Å². The molecule has 1 aliphatic heterocycles. The number of carbonyl (C=O) groups is 1. The Balaban J connectivity index is 1.69. The van der Waals surface area contributed by atoms with Crippen molar-refractivity contribution in [1.82, 2.24) is 9.88 Å². The Hall–Kier alpha value is -2.43. The Labute approximate surface area is 159 Å². The van der Waals surface area contributed by atoms with Gasteiger partial charge in [0.1, 0.15) is 6.10 Å². The van der Waals surface area contributed by atoms with E-state index in [-0.39, 0.29) is 11.8 Å². The van der Waals surface area contributed by atoms with Crippen molar-refractivity contribution in [2.24, 2.45) is 0 Å². The molecule has 0 aliphatic carbocycles. The topological polar surface area (TPSA) is 56.3 Å². The number of aryl methyl sites for hydroxylation is 1. The number of piperidine rings is 1. The van der Waals surface area contributed by atoms with Crippen LogP contribution in [0.3, 0.4) is 0 Å². The van der Waals surface area contributed by atoms with Crippen molar-refractivity contribution in [2.45, 2.75) is 38.3 Å². The summed E-state index contributed by atoms with van der Waals surface area (Å²) in [5.41, 5.74) is 3.65. The first-order valence-electron chi connectivity index (χ1n) is 9.74. The van der Waals surface area contributed by atoms with Crippen LogP contribution in [0.25, 0.3) is 10.9 Å². The molecule has 0 unspecified atom stereocenters. The van der Waals surface area contributed by atoms with Gasteiger partial charge in [0.25, 0.3) is 0 Å². The molecule has 4 rings (SSSR count). The third-order valence-corrected chi connectivity index (χ3v) is 5.63. The average molecular weight is 362 g/mol. The van der Waals surface area contributed by atoms with Crippen LogP contribution in [0.15, 0.2) is 54.7 Å². The van der Waals surface area contributed by atoms with Gasteiger partial charge >= 0.3 is 0 Å². The number of rotatable bonds is 5. The third kappa shape index (κ3) is 3.55. The lowest BCUT2D eigenvalue weighted by atomic mass is 9.91. The maximum absolute atomic E-state index is 13.2. The minimum atomic E-state index is -1.09. The summed E-state index contributed by atoms with van der Waals surface area (Å²) in [7, 11) is 0. The van der Waals surface area contributed by atoms with E-state index in [1.165, 1.54) is 12.0 Å². The second-order valence-electron chi connectivity index (χ2n) is 7.51. The highest BCUT2D eigenvalue weighted by Gasteiger charge is 2.34. The smallest absolute Gasteiger partial charge is 0.195 e. The van der Waals surface area contributed by atoms with E-state index in [0.29, 0.717) is 5.56 Å². The maximum atomic E-state index is 13.2. The fourth-order valence-electron chi connectivity index (χ4n) is 4.13. The molecule has 1 aromatic heterocycles. The Morgan fingerprint density at radius 1 is 1.04 bits per heavy atom. The Kier molecular flexibility index (Phi) is 5.10. The highest BCUT2D eigenvalue weighted by molar-refractivity contribution is 6.10. The van der Waals surface area contributed by atoms with Gasteiger partial charge in [-0.2, -0.15) is 0 Å². The molecule has 2 heterocycles. The first kappa shape index (κ1) is 18.0. The number of para-hydroxylation sites is 1. The van der Waals surface area contributed by atoms with E-state index >= 15 is 0 Å². The van der Waals surface area contributed by atoms with Crippen molar-refractivity contribution in [1.29, 1.82) is 0 Å². The highest BCUT2D eigenvalue weighted by atomic mass is 16.3. The van der Waals surface area contributed by atoms with Crippen LogP contribution < -0.4 is 0 Å². The van der Waals surface area contributed by atoms with Crippen LogP contribution in [0.5, 0.6) is 0 Å². The van der Waals surface area contributed by atoms with Crippen LogP contribution >= 0.6 is 0 Å². The molecule has 1 fully saturated rings. The van der Waals surface area contributed by atoms with Gasteiger partial charge in [0.2, 0.25) is 0 Å². The first-order chi connectivity index (χ1) is 13.1. The largest absolute Gasteiger partial charge is 0.383 e. The number of carbonyl (C=O) groups excluding carboxylic acids is 1. The molecule has 1 aliphatic rings. The van der Waals surface area contributed by atoms with Crippen molar-refractivity contribution in [2.75, 3.05) is 13.1 Å². The fourth-order valence-corrected chi connectivity index (χ4v) is 4.13. The molecule has 1 saturated heterocycles. The van der Waals surface area contributed by atoms with Crippen molar-refractivity contribution in [3.63, 3.8) is 0 Å². The standard InChI is InChI=1S/C23H26N2O2/c1-16-9-11-17(12-10-16)21(25-13-5-2-6-14-25)23(27)22(26)19-15-24-20-8-4-3-7-18(19)20/h3-4,7-12,15,21,23-24,27H,2,5-6,13-14H2,1H3/t21-,23-/m1/s1. The van der Waals surface area contributed by atoms with Gasteiger partial charge in [-0.3, -0.25) is 9.69 Å². The molecule has 0 bridgehead atoms. The zero-order valence-electron chi connectivity index (χ0n) is 15.7. The van der Waals surface area contributed by atoms with Gasteiger partial charge in [0, 0.05) is 22.7 Å². The number of H-pyrrole nitrogens is 1. The molecular formula is C23H26N2O2. The van der Waals surface area contributed by atoms with Gasteiger partial charge in [0.05, 0.1) is 6.04 Å². The number of ketones is 1. The van der Waals surface area contributed by atoms with Gasteiger partial charge in [-0.1, -0.05) is 54.4 Å². The number of likely N-dealkylation sites (tertiary alicyclic amines) is 1. The summed E-state index contributed by atoms with van der Waals surface area (Å²) in [6.45, 7) is 3.88. The van der Waals surface area contributed by atoms with Crippen LogP contribution in [0.2, 0.25) is 0 Å². The van der Waals surface area contributed by atoms with Gasteiger partial charge in [-0.15, -0.1) is 0 Å². The van der Waals surface area contributed by atoms with Crippen LogP contribution in [-0.2, 0) is 0 Å². The van der Waals surface area contributed by atoms with E-state index in [9.17, 15) is 9.90 Å². The molecule has 2 aromatic carbocycles. The van der Waals surface area contributed by atoms with Gasteiger partial charge < -0.3 is 10.1 Å². The SMILES string of the molecule is Cc1ccc([C@H]([C@@H](O)C(=O)c2c[nH]c3ccccc23)N2CCCCC2)cc1. The van der Waals surface area contributed by atoms with Gasteiger partial charge in [0.15, 0.2) is 5.78 Å². The van der Waals surface area contributed by atoms with Crippen LogP contribution in [0, 0.1) is 6.92 Å². The quantitative estimate of drug-likeness (QED) is 0.667. The molecule has 2 N–H and O–H groups in total. The summed E-state index contributed by atoms with van der Waals surface area (Å²) in [6.07, 6.45) is 4.06. The maximum Gasteiger partial charge on any atom is 0.195 e. The van der Waals surface area contributed by atoms with E-state index in [4.69, 9.17) is 0 Å². The van der Waals surface area contributed by atoms with Gasteiger partial charge in [-0.25, -0.2) is 0 Å². The van der Waals surface area contributed by atoms with Crippen molar-refractivity contribution in [3.05, 3.63) is 71.4 Å². The number of nitrogens with one attached hydrogen (secondary N) is 1. The minimum Gasteiger partial charge on any atom is -0.383 e. The second kappa shape index (κ2) is 7.67. The number of aromatic nitrogens is 1. The van der Waals surface area contributed by atoms with E-state index in [0.717, 1.165) is 42.4 Å². The molecule has 3 aromatic rings. The zero-order chi connectivity index (χ0) is 18.8. The number of hydrogen-bond acceptors (Lipinski definition) is 3. The molecule has 0 radical (unpaired) electrons. The van der Waals surface area contributed by atoms with Crippen molar-refractivity contribution < 1.29 is 9.90 Å². The van der Waals surface area contributed by atoms with E-state index in [1.807, 2.05) is 43.3 Å². The van der Waals surface area contributed by atoms with Crippen LogP contribution in [0.1, 0.15) is 46.8 Å². The number of nitrogens with zero attached hydrogens (tertiary/aromatic N) is 1. The van der Waals surface area contributed by atoms with E-state index in [1.54, 1.807) is 6.20 Å².